The van der Waals surface area contributed by atoms with Crippen LogP contribution in [-0.2, 0) is 11.2 Å². The van der Waals surface area contributed by atoms with E-state index in [1.54, 1.807) is 31.2 Å². The fourth-order valence-electron chi connectivity index (χ4n) is 3.25. The lowest BCUT2D eigenvalue weighted by molar-refractivity contribution is 0.0590. The number of hydrogen-bond acceptors (Lipinski definition) is 7. The Kier molecular flexibility index (Phi) is 5.55. The van der Waals surface area contributed by atoms with Crippen LogP contribution in [0.3, 0.4) is 0 Å². The first-order chi connectivity index (χ1) is 15.4. The average Bonchev–Trinajstić information content (AvgIpc) is 3.22. The Morgan fingerprint density at radius 2 is 1.94 bits per heavy atom. The third-order valence-electron chi connectivity index (χ3n) is 4.87. The zero-order valence-corrected chi connectivity index (χ0v) is 17.2. The Morgan fingerprint density at radius 1 is 1.19 bits per heavy atom. The maximum absolute atomic E-state index is 13.2. The highest BCUT2D eigenvalue weighted by atomic mass is 19.1. The quantitative estimate of drug-likeness (QED) is 0.455. The highest BCUT2D eigenvalue weighted by Gasteiger charge is 2.23. The molecule has 4 aromatic rings. The average molecular weight is 435 g/mol. The number of ether oxygens (including phenoxy) is 1. The molecule has 8 nitrogen and oxygen atoms in total. The summed E-state index contributed by atoms with van der Waals surface area (Å²) in [6.45, 7) is 1.71. The number of rotatable bonds is 5. The number of methoxy groups -OCH3 is 1. The van der Waals surface area contributed by atoms with Gasteiger partial charge in [0.1, 0.15) is 17.2 Å². The van der Waals surface area contributed by atoms with Crippen LogP contribution < -0.4 is 5.32 Å². The molecule has 0 unspecified atom stereocenters. The number of aromatic nitrogens is 2. The van der Waals surface area contributed by atoms with Gasteiger partial charge in [0.15, 0.2) is 17.2 Å². The molecule has 0 aliphatic carbocycles. The monoisotopic (exact) mass is 435 g/mol. The second kappa shape index (κ2) is 8.46. The molecule has 0 fully saturated rings. The SMILES string of the molecule is COC(=O)c1nc(NC(=O)c2occc2C)c2cc(Cc3ccc(F)cc3)cnc2c1O. The van der Waals surface area contributed by atoms with E-state index in [-0.39, 0.29) is 28.6 Å². The summed E-state index contributed by atoms with van der Waals surface area (Å²) < 4.78 is 23.1. The zero-order chi connectivity index (χ0) is 22.8. The highest BCUT2D eigenvalue weighted by molar-refractivity contribution is 6.09. The number of amides is 1. The summed E-state index contributed by atoms with van der Waals surface area (Å²) >= 11 is 0. The molecule has 162 valence electrons. The first-order valence-corrected chi connectivity index (χ1v) is 9.57. The van der Waals surface area contributed by atoms with Gasteiger partial charge in [0.2, 0.25) is 0 Å². The van der Waals surface area contributed by atoms with Crippen LogP contribution in [0.2, 0.25) is 0 Å². The number of pyridine rings is 2. The van der Waals surface area contributed by atoms with Crippen LogP contribution in [0, 0.1) is 12.7 Å². The lowest BCUT2D eigenvalue weighted by Crippen LogP contribution is -2.16. The van der Waals surface area contributed by atoms with Crippen molar-refractivity contribution in [2.24, 2.45) is 0 Å². The van der Waals surface area contributed by atoms with E-state index in [1.807, 2.05) is 0 Å². The number of aromatic hydroxyl groups is 1. The summed E-state index contributed by atoms with van der Waals surface area (Å²) in [7, 11) is 1.15. The van der Waals surface area contributed by atoms with Gasteiger partial charge in [0, 0.05) is 17.1 Å². The maximum atomic E-state index is 13.2. The normalized spacial score (nSPS) is 10.8. The third-order valence-corrected chi connectivity index (χ3v) is 4.87. The molecule has 3 aromatic heterocycles. The minimum atomic E-state index is -0.883. The summed E-state index contributed by atoms with van der Waals surface area (Å²) in [6, 6.07) is 9.34. The first-order valence-electron chi connectivity index (χ1n) is 9.57. The summed E-state index contributed by atoms with van der Waals surface area (Å²) in [5.74, 6) is -2.17. The molecule has 4 rings (SSSR count). The number of nitrogens with one attached hydrogen (secondary N) is 1. The van der Waals surface area contributed by atoms with E-state index in [9.17, 15) is 19.1 Å². The zero-order valence-electron chi connectivity index (χ0n) is 17.2. The van der Waals surface area contributed by atoms with E-state index in [4.69, 9.17) is 4.42 Å². The Hall–Kier alpha value is -4.27. The minimum absolute atomic E-state index is 0.00690. The summed E-state index contributed by atoms with van der Waals surface area (Å²) in [6.07, 6.45) is 3.33. The Balaban J connectivity index is 1.81. The standard InChI is InChI=1S/C23H18FN3O5/c1-12-7-8-32-20(12)22(29)27-21-16-10-14(9-13-3-5-15(24)6-4-13)11-25-17(16)19(28)18(26-21)23(30)31-2/h3-8,10-11,28H,9H2,1-2H3,(H,26,27,29). The number of anilines is 1. The Labute approximate surface area is 181 Å². The number of benzene rings is 1. The minimum Gasteiger partial charge on any atom is -0.504 e. The van der Waals surface area contributed by atoms with Gasteiger partial charge in [-0.1, -0.05) is 12.1 Å². The fourth-order valence-corrected chi connectivity index (χ4v) is 3.25. The van der Waals surface area contributed by atoms with Crippen molar-refractivity contribution in [3.05, 3.63) is 82.8 Å². The van der Waals surface area contributed by atoms with Crippen LogP contribution in [0.1, 0.15) is 37.7 Å². The van der Waals surface area contributed by atoms with Crippen molar-refractivity contribution < 1.29 is 28.2 Å². The Bertz CT molecular complexity index is 1330. The first kappa shape index (κ1) is 21.0. The maximum Gasteiger partial charge on any atom is 0.360 e. The van der Waals surface area contributed by atoms with Crippen LogP contribution in [0.4, 0.5) is 10.2 Å². The van der Waals surface area contributed by atoms with E-state index >= 15 is 0 Å². The molecule has 2 N–H and O–H groups in total. The molecular formula is C23H18FN3O5. The number of halogens is 1. The predicted octanol–water partition coefficient (Wildman–Crippen LogP) is 4.01. The molecule has 0 atom stereocenters. The summed E-state index contributed by atoms with van der Waals surface area (Å²) in [5, 5.41) is 13.5. The van der Waals surface area contributed by atoms with Gasteiger partial charge in [-0.15, -0.1) is 0 Å². The van der Waals surface area contributed by atoms with Crippen molar-refractivity contribution in [3.8, 4) is 5.75 Å². The summed E-state index contributed by atoms with van der Waals surface area (Å²) in [4.78, 5) is 33.2. The molecule has 0 bridgehead atoms. The number of aryl methyl sites for hydroxylation is 1. The van der Waals surface area contributed by atoms with Crippen LogP contribution in [-0.4, -0.2) is 34.1 Å². The second-order valence-electron chi connectivity index (χ2n) is 7.08. The van der Waals surface area contributed by atoms with E-state index < -0.39 is 17.6 Å². The third kappa shape index (κ3) is 4.00. The number of carbonyl (C=O) groups excluding carboxylic acids is 2. The molecule has 0 radical (unpaired) electrons. The van der Waals surface area contributed by atoms with Gasteiger partial charge in [-0.3, -0.25) is 9.78 Å². The van der Waals surface area contributed by atoms with Crippen molar-refractivity contribution in [2.75, 3.05) is 12.4 Å². The van der Waals surface area contributed by atoms with E-state index in [0.29, 0.717) is 17.4 Å². The van der Waals surface area contributed by atoms with E-state index in [0.717, 1.165) is 18.2 Å². The molecule has 3 heterocycles. The number of carbonyl (C=O) groups is 2. The number of fused-ring (bicyclic) bond motifs is 1. The van der Waals surface area contributed by atoms with Crippen molar-refractivity contribution in [2.45, 2.75) is 13.3 Å². The van der Waals surface area contributed by atoms with Crippen LogP contribution in [0.25, 0.3) is 10.9 Å². The van der Waals surface area contributed by atoms with Crippen molar-refractivity contribution in [3.63, 3.8) is 0 Å². The lowest BCUT2D eigenvalue weighted by Gasteiger charge is -2.12. The molecule has 0 spiro atoms. The number of hydrogen-bond donors (Lipinski definition) is 2. The van der Waals surface area contributed by atoms with E-state index in [2.05, 4.69) is 20.0 Å². The van der Waals surface area contributed by atoms with Crippen LogP contribution in [0.15, 0.2) is 53.3 Å². The summed E-state index contributed by atoms with van der Waals surface area (Å²) in [5.41, 5.74) is 1.86. The molecule has 0 aliphatic rings. The van der Waals surface area contributed by atoms with Gasteiger partial charge in [-0.05, 0) is 48.7 Å². The Morgan fingerprint density at radius 3 is 2.59 bits per heavy atom. The van der Waals surface area contributed by atoms with Crippen molar-refractivity contribution >= 4 is 28.6 Å². The van der Waals surface area contributed by atoms with Gasteiger partial charge in [-0.2, -0.15) is 0 Å². The topological polar surface area (TPSA) is 115 Å². The van der Waals surface area contributed by atoms with Crippen LogP contribution >= 0.6 is 0 Å². The smallest absolute Gasteiger partial charge is 0.360 e. The van der Waals surface area contributed by atoms with Gasteiger partial charge in [0.25, 0.3) is 5.91 Å². The number of nitrogens with zero attached hydrogens (tertiary/aromatic N) is 2. The molecule has 1 aromatic carbocycles. The molecule has 0 saturated heterocycles. The number of furan rings is 1. The second-order valence-corrected chi connectivity index (χ2v) is 7.08. The highest BCUT2D eigenvalue weighted by Crippen LogP contribution is 2.32. The molecule has 0 aliphatic heterocycles. The largest absolute Gasteiger partial charge is 0.504 e. The van der Waals surface area contributed by atoms with Crippen molar-refractivity contribution in [1.82, 2.24) is 9.97 Å². The number of esters is 1. The molecule has 1 amide bonds. The molecule has 0 saturated carbocycles. The van der Waals surface area contributed by atoms with Gasteiger partial charge in [-0.25, -0.2) is 14.2 Å². The molecule has 9 heteroatoms. The fraction of sp³-hybridized carbons (Fsp3) is 0.130. The lowest BCUT2D eigenvalue weighted by atomic mass is 10.0. The van der Waals surface area contributed by atoms with E-state index in [1.165, 1.54) is 24.6 Å². The molecule has 32 heavy (non-hydrogen) atoms. The molecular weight excluding hydrogens is 417 g/mol. The van der Waals surface area contributed by atoms with Gasteiger partial charge >= 0.3 is 5.97 Å². The predicted molar refractivity (Wildman–Crippen MR) is 113 cm³/mol. The van der Waals surface area contributed by atoms with Gasteiger partial charge < -0.3 is 19.6 Å². The van der Waals surface area contributed by atoms with Crippen molar-refractivity contribution in [1.29, 1.82) is 0 Å². The van der Waals surface area contributed by atoms with Gasteiger partial charge in [0.05, 0.1) is 13.4 Å². The van der Waals surface area contributed by atoms with Crippen LogP contribution in [0.5, 0.6) is 5.75 Å².